The lowest BCUT2D eigenvalue weighted by Gasteiger charge is -2.09. The highest BCUT2D eigenvalue weighted by Crippen LogP contribution is 2.23. The second-order valence-electron chi connectivity index (χ2n) is 4.37. The predicted octanol–water partition coefficient (Wildman–Crippen LogP) is 2.19. The largest absolute Gasteiger partial charge is 0.464 e. The molecule has 0 spiro atoms. The number of aromatic nitrogens is 1. The monoisotopic (exact) mass is 328 g/mol. The van der Waals surface area contributed by atoms with Crippen molar-refractivity contribution < 1.29 is 31.1 Å². The minimum Gasteiger partial charge on any atom is -0.464 e. The van der Waals surface area contributed by atoms with Gasteiger partial charge in [-0.25, -0.2) is 13.2 Å². The highest BCUT2D eigenvalue weighted by atomic mass is 32.2. The molecule has 6 nitrogen and oxygen atoms in total. The summed E-state index contributed by atoms with van der Waals surface area (Å²) in [6, 6.07) is 1.35. The number of hydrogen-bond donors (Lipinski definition) is 2. The van der Waals surface area contributed by atoms with Gasteiger partial charge in [-0.15, -0.1) is 0 Å². The van der Waals surface area contributed by atoms with Crippen molar-refractivity contribution >= 4 is 21.7 Å². The van der Waals surface area contributed by atoms with Crippen molar-refractivity contribution in [3.63, 3.8) is 0 Å². The Morgan fingerprint density at radius 2 is 2.05 bits per heavy atom. The topological polar surface area (TPSA) is 88.3 Å². The number of halogens is 3. The van der Waals surface area contributed by atoms with E-state index in [1.807, 2.05) is 0 Å². The lowest BCUT2D eigenvalue weighted by molar-refractivity contribution is -0.134. The predicted molar refractivity (Wildman–Crippen MR) is 69.6 cm³/mol. The fraction of sp³-hybridized carbons (Fsp3) is 0.545. The van der Waals surface area contributed by atoms with E-state index in [1.54, 1.807) is 6.92 Å². The molecule has 0 atom stereocenters. The third-order valence-corrected chi connectivity index (χ3v) is 3.84. The number of hydrogen-bond acceptors (Lipinski definition) is 4. The number of carbonyl (C=O) groups excluding carboxylic acids is 1. The zero-order valence-corrected chi connectivity index (χ0v) is 12.2. The summed E-state index contributed by atoms with van der Waals surface area (Å²) in [6.45, 7) is 1.59. The van der Waals surface area contributed by atoms with Gasteiger partial charge in [-0.1, -0.05) is 0 Å². The number of methoxy groups -OCH3 is 1. The van der Waals surface area contributed by atoms with Gasteiger partial charge in [0.25, 0.3) is 0 Å². The Labute approximate surface area is 119 Å². The van der Waals surface area contributed by atoms with Crippen LogP contribution in [0.5, 0.6) is 0 Å². The number of rotatable bonds is 6. The van der Waals surface area contributed by atoms with Crippen molar-refractivity contribution in [2.75, 3.05) is 17.6 Å². The van der Waals surface area contributed by atoms with Crippen LogP contribution in [0.25, 0.3) is 0 Å². The second kappa shape index (κ2) is 6.37. The highest BCUT2D eigenvalue weighted by Gasteiger charge is 2.28. The second-order valence-corrected chi connectivity index (χ2v) is 6.21. The van der Waals surface area contributed by atoms with Crippen LogP contribution in [0.15, 0.2) is 6.07 Å². The van der Waals surface area contributed by atoms with Crippen LogP contribution in [0.2, 0.25) is 0 Å². The highest BCUT2D eigenvalue weighted by molar-refractivity contribution is 7.92. The maximum Gasteiger partial charge on any atom is 0.389 e. The molecule has 0 saturated heterocycles. The first-order valence-corrected chi connectivity index (χ1v) is 7.54. The van der Waals surface area contributed by atoms with Crippen molar-refractivity contribution in [1.82, 2.24) is 4.98 Å². The van der Waals surface area contributed by atoms with Gasteiger partial charge in [0.1, 0.15) is 5.69 Å². The minimum atomic E-state index is -4.41. The van der Waals surface area contributed by atoms with Crippen LogP contribution in [0.1, 0.15) is 29.0 Å². The Hall–Kier alpha value is -1.71. The van der Waals surface area contributed by atoms with E-state index in [2.05, 4.69) is 14.4 Å². The average Bonchev–Trinajstić information content (AvgIpc) is 2.66. The zero-order chi connectivity index (χ0) is 16.3. The first kappa shape index (κ1) is 17.3. The van der Waals surface area contributed by atoms with Crippen LogP contribution >= 0.6 is 0 Å². The van der Waals surface area contributed by atoms with Gasteiger partial charge in [0.15, 0.2) is 0 Å². The number of sulfonamides is 1. The summed E-state index contributed by atoms with van der Waals surface area (Å²) < 4.78 is 66.0. The van der Waals surface area contributed by atoms with Crippen LogP contribution in [-0.4, -0.2) is 38.4 Å². The summed E-state index contributed by atoms with van der Waals surface area (Å²) in [7, 11) is -2.86. The lowest BCUT2D eigenvalue weighted by Crippen LogP contribution is -2.20. The smallest absolute Gasteiger partial charge is 0.389 e. The van der Waals surface area contributed by atoms with E-state index in [9.17, 15) is 26.4 Å². The van der Waals surface area contributed by atoms with Crippen molar-refractivity contribution in [1.29, 1.82) is 0 Å². The van der Waals surface area contributed by atoms with Crippen molar-refractivity contribution in [3.8, 4) is 0 Å². The molecule has 0 aliphatic heterocycles. The summed E-state index contributed by atoms with van der Waals surface area (Å²) in [6.07, 6.45) is -6.16. The van der Waals surface area contributed by atoms with E-state index >= 15 is 0 Å². The van der Waals surface area contributed by atoms with Crippen LogP contribution in [-0.2, 0) is 14.8 Å². The molecule has 0 saturated carbocycles. The van der Waals surface area contributed by atoms with Gasteiger partial charge in [-0.3, -0.25) is 4.72 Å². The van der Waals surface area contributed by atoms with E-state index in [0.29, 0.717) is 5.69 Å². The van der Waals surface area contributed by atoms with Gasteiger partial charge >= 0.3 is 12.1 Å². The molecular weight excluding hydrogens is 313 g/mol. The third kappa shape index (κ3) is 5.66. The Bertz CT molecular complexity index is 607. The molecule has 0 fully saturated rings. The number of esters is 1. The van der Waals surface area contributed by atoms with Crippen LogP contribution in [0, 0.1) is 6.92 Å². The van der Waals surface area contributed by atoms with Gasteiger partial charge < -0.3 is 9.72 Å². The fourth-order valence-electron chi connectivity index (χ4n) is 1.61. The number of nitrogens with one attached hydrogen (secondary N) is 2. The van der Waals surface area contributed by atoms with E-state index in [-0.39, 0.29) is 11.4 Å². The molecule has 0 amide bonds. The van der Waals surface area contributed by atoms with E-state index in [0.717, 1.165) is 7.11 Å². The van der Waals surface area contributed by atoms with Crippen LogP contribution in [0.4, 0.5) is 18.9 Å². The summed E-state index contributed by atoms with van der Waals surface area (Å²) in [5, 5.41) is 0. The Morgan fingerprint density at radius 3 is 2.57 bits per heavy atom. The standard InChI is InChI=1S/C11H15F3N2O4S/c1-7-6-8(9(15-7)10(17)20-2)16-21(18,19)5-3-4-11(12,13)14/h6,15-16H,3-5H2,1-2H3. The van der Waals surface area contributed by atoms with Crippen molar-refractivity contribution in [3.05, 3.63) is 17.5 Å². The SMILES string of the molecule is COC(=O)c1[nH]c(C)cc1NS(=O)(=O)CCCC(F)(F)F. The Balaban J connectivity index is 2.78. The molecule has 1 aromatic heterocycles. The number of carbonyl (C=O) groups is 1. The first-order valence-electron chi connectivity index (χ1n) is 5.89. The van der Waals surface area contributed by atoms with Crippen LogP contribution in [0.3, 0.4) is 0 Å². The average molecular weight is 328 g/mol. The fourth-order valence-corrected chi connectivity index (χ4v) is 2.74. The van der Waals surface area contributed by atoms with Gasteiger partial charge in [0.2, 0.25) is 10.0 Å². The van der Waals surface area contributed by atoms with Gasteiger partial charge in [0.05, 0.1) is 18.6 Å². The molecule has 0 unspecified atom stereocenters. The summed E-state index contributed by atoms with van der Waals surface area (Å²) in [5.41, 5.74) is 0.351. The molecule has 10 heteroatoms. The molecule has 0 bridgehead atoms. The van der Waals surface area contributed by atoms with E-state index < -0.39 is 40.8 Å². The van der Waals surface area contributed by atoms with E-state index in [4.69, 9.17) is 0 Å². The van der Waals surface area contributed by atoms with Gasteiger partial charge in [0, 0.05) is 12.1 Å². The molecule has 2 N–H and O–H groups in total. The molecule has 1 rings (SSSR count). The molecule has 1 aromatic rings. The Morgan fingerprint density at radius 1 is 1.43 bits per heavy atom. The van der Waals surface area contributed by atoms with Crippen molar-refractivity contribution in [2.24, 2.45) is 0 Å². The van der Waals surface area contributed by atoms with Crippen LogP contribution < -0.4 is 4.72 Å². The van der Waals surface area contributed by atoms with Gasteiger partial charge in [-0.2, -0.15) is 13.2 Å². The number of aryl methyl sites for hydroxylation is 1. The quantitative estimate of drug-likeness (QED) is 0.784. The van der Waals surface area contributed by atoms with Crippen molar-refractivity contribution in [2.45, 2.75) is 25.9 Å². The Kier molecular flexibility index (Phi) is 5.26. The first-order chi connectivity index (χ1) is 9.54. The molecular formula is C11H15F3N2O4S. The summed E-state index contributed by atoms with van der Waals surface area (Å²) in [4.78, 5) is 14.1. The van der Waals surface area contributed by atoms with E-state index in [1.165, 1.54) is 6.07 Å². The van der Waals surface area contributed by atoms with Gasteiger partial charge in [-0.05, 0) is 19.4 Å². The molecule has 0 aliphatic carbocycles. The molecule has 0 radical (unpaired) electrons. The maximum absolute atomic E-state index is 12.0. The normalized spacial score (nSPS) is 12.2. The summed E-state index contributed by atoms with van der Waals surface area (Å²) in [5.74, 6) is -1.48. The number of aromatic amines is 1. The number of alkyl halides is 3. The maximum atomic E-state index is 12.0. The molecule has 0 aliphatic rings. The molecule has 0 aromatic carbocycles. The number of anilines is 1. The zero-order valence-electron chi connectivity index (χ0n) is 11.4. The molecule has 120 valence electrons. The minimum absolute atomic E-state index is 0.0497. The number of H-pyrrole nitrogens is 1. The molecule has 21 heavy (non-hydrogen) atoms. The third-order valence-electron chi connectivity index (χ3n) is 2.48. The summed E-state index contributed by atoms with van der Waals surface area (Å²) >= 11 is 0. The lowest BCUT2D eigenvalue weighted by atomic mass is 10.3. The number of ether oxygens (including phenoxy) is 1. The molecule has 1 heterocycles.